The molecule has 1 aliphatic carbocycles. The van der Waals surface area contributed by atoms with Crippen molar-refractivity contribution in [3.63, 3.8) is 0 Å². The molecule has 1 aromatic heterocycles. The minimum absolute atomic E-state index is 0.160. The maximum absolute atomic E-state index is 14.4. The molecule has 1 aromatic carbocycles. The molecule has 2 aromatic rings. The molecule has 6 heteroatoms. The third kappa shape index (κ3) is 2.45. The summed E-state index contributed by atoms with van der Waals surface area (Å²) < 4.78 is 17.3. The minimum atomic E-state index is -0.162. The number of nitrogens with zero attached hydrogens (tertiary/aromatic N) is 1. The zero-order chi connectivity index (χ0) is 17.1. The Kier molecular flexibility index (Phi) is 3.86. The highest BCUT2D eigenvalue weighted by molar-refractivity contribution is 7.71. The lowest BCUT2D eigenvalue weighted by atomic mass is 9.93. The normalized spacial score (nSPS) is 24.3. The zero-order valence-electron chi connectivity index (χ0n) is 13.8. The lowest BCUT2D eigenvalue weighted by molar-refractivity contribution is 0.530. The fraction of sp³-hybridized carbons (Fsp3) is 0.500. The van der Waals surface area contributed by atoms with Crippen molar-refractivity contribution in [2.75, 3.05) is 6.54 Å². The van der Waals surface area contributed by atoms with Gasteiger partial charge in [0.05, 0.1) is 0 Å². The quantitative estimate of drug-likeness (QED) is 0.773. The Morgan fingerprint density at radius 1 is 1.50 bits per heavy atom. The molecule has 2 heterocycles. The molecule has 2 aliphatic rings. The lowest BCUT2D eigenvalue weighted by Gasteiger charge is -2.14. The van der Waals surface area contributed by atoms with Crippen LogP contribution in [0.1, 0.15) is 43.1 Å². The van der Waals surface area contributed by atoms with Gasteiger partial charge >= 0.3 is 0 Å². The van der Waals surface area contributed by atoms with Gasteiger partial charge in [-0.3, -0.25) is 0 Å². The highest BCUT2D eigenvalue weighted by Crippen LogP contribution is 2.66. The van der Waals surface area contributed by atoms with E-state index in [9.17, 15) is 4.39 Å². The maximum Gasteiger partial charge on any atom is 0.177 e. The number of benzene rings is 1. The van der Waals surface area contributed by atoms with E-state index in [-0.39, 0.29) is 11.2 Å². The van der Waals surface area contributed by atoms with Gasteiger partial charge in [-0.2, -0.15) is 0 Å². The van der Waals surface area contributed by atoms with E-state index in [4.69, 9.17) is 23.8 Å². The SMILES string of the molecule is CC(C)NCCc1[nH]c(=S)n2c1[C@@H]1C[C@]1(c1cc(Cl)ccc1F)C2. The molecule has 1 fully saturated rings. The van der Waals surface area contributed by atoms with Gasteiger partial charge in [-0.25, -0.2) is 4.39 Å². The summed E-state index contributed by atoms with van der Waals surface area (Å²) in [5, 5.41) is 4.03. The van der Waals surface area contributed by atoms with Crippen LogP contribution in [0.4, 0.5) is 4.39 Å². The Morgan fingerprint density at radius 2 is 2.29 bits per heavy atom. The summed E-state index contributed by atoms with van der Waals surface area (Å²) >= 11 is 11.6. The van der Waals surface area contributed by atoms with Crippen molar-refractivity contribution < 1.29 is 4.39 Å². The average Bonchev–Trinajstić information content (AvgIpc) is 3.01. The van der Waals surface area contributed by atoms with Crippen LogP contribution in [0.25, 0.3) is 0 Å². The largest absolute Gasteiger partial charge is 0.334 e. The second-order valence-electron chi connectivity index (χ2n) is 7.28. The van der Waals surface area contributed by atoms with E-state index in [0.29, 0.717) is 17.0 Å². The summed E-state index contributed by atoms with van der Waals surface area (Å²) in [5.74, 6) is 0.179. The molecule has 2 atom stereocenters. The smallest absolute Gasteiger partial charge is 0.177 e. The Bertz CT molecular complexity index is 856. The number of aromatic nitrogens is 2. The van der Waals surface area contributed by atoms with Crippen molar-refractivity contribution in [1.29, 1.82) is 0 Å². The van der Waals surface area contributed by atoms with Gasteiger partial charge in [0, 0.05) is 53.3 Å². The lowest BCUT2D eigenvalue weighted by Crippen LogP contribution is -2.25. The van der Waals surface area contributed by atoms with Gasteiger partial charge in [-0.05, 0) is 42.4 Å². The second-order valence-corrected chi connectivity index (χ2v) is 8.10. The Morgan fingerprint density at radius 3 is 3.04 bits per heavy atom. The summed E-state index contributed by atoms with van der Waals surface area (Å²) in [6.45, 7) is 5.93. The van der Waals surface area contributed by atoms with Gasteiger partial charge in [0.15, 0.2) is 4.77 Å². The van der Waals surface area contributed by atoms with E-state index in [2.05, 4.69) is 28.7 Å². The predicted octanol–water partition coefficient (Wildman–Crippen LogP) is 4.32. The number of fused-ring (bicyclic) bond motifs is 3. The average molecular weight is 366 g/mol. The summed E-state index contributed by atoms with van der Waals surface area (Å²) in [5.41, 5.74) is 3.04. The Balaban J connectivity index is 1.65. The molecule has 3 nitrogen and oxygen atoms in total. The molecule has 1 saturated carbocycles. The molecular formula is C18H21ClFN3S. The minimum Gasteiger partial charge on any atom is -0.334 e. The number of imidazole rings is 1. The van der Waals surface area contributed by atoms with Crippen LogP contribution in [0.2, 0.25) is 5.02 Å². The van der Waals surface area contributed by atoms with E-state index in [1.807, 2.05) is 0 Å². The first-order chi connectivity index (χ1) is 11.4. The van der Waals surface area contributed by atoms with Crippen molar-refractivity contribution in [2.45, 2.75) is 50.6 Å². The number of nitrogens with one attached hydrogen (secondary N) is 2. The molecule has 2 N–H and O–H groups in total. The van der Waals surface area contributed by atoms with Crippen LogP contribution >= 0.6 is 23.8 Å². The summed E-state index contributed by atoms with van der Waals surface area (Å²) in [6.07, 6.45) is 1.89. The standard InChI is InChI=1S/C18H21ClFN3S/c1-10(2)21-6-5-15-16-13-8-18(13,9-23(16)17(24)22-15)12-7-11(19)3-4-14(12)20/h3-4,7,10,13,21H,5-6,8-9H2,1-2H3,(H,22,24)/t13-,18+/m0/s1. The van der Waals surface area contributed by atoms with Crippen molar-refractivity contribution in [1.82, 2.24) is 14.9 Å². The molecule has 24 heavy (non-hydrogen) atoms. The molecular weight excluding hydrogens is 345 g/mol. The van der Waals surface area contributed by atoms with Crippen LogP contribution in [-0.2, 0) is 18.4 Å². The van der Waals surface area contributed by atoms with Crippen LogP contribution in [-0.4, -0.2) is 22.1 Å². The highest BCUT2D eigenvalue weighted by atomic mass is 35.5. The molecule has 0 radical (unpaired) electrons. The maximum atomic E-state index is 14.4. The molecule has 1 aliphatic heterocycles. The van der Waals surface area contributed by atoms with Gasteiger partial charge in [-0.15, -0.1) is 0 Å². The first kappa shape index (κ1) is 16.3. The number of H-pyrrole nitrogens is 1. The molecule has 0 spiro atoms. The predicted molar refractivity (Wildman–Crippen MR) is 96.9 cm³/mol. The molecule has 4 rings (SSSR count). The van der Waals surface area contributed by atoms with Crippen molar-refractivity contribution in [2.24, 2.45) is 0 Å². The van der Waals surface area contributed by atoms with Gasteiger partial charge in [0.1, 0.15) is 5.82 Å². The summed E-state index contributed by atoms with van der Waals surface area (Å²) in [4.78, 5) is 3.36. The van der Waals surface area contributed by atoms with E-state index in [0.717, 1.165) is 36.3 Å². The first-order valence-corrected chi connectivity index (χ1v) is 9.21. The highest BCUT2D eigenvalue weighted by Gasteiger charge is 2.63. The van der Waals surface area contributed by atoms with E-state index in [1.165, 1.54) is 17.5 Å². The molecule has 0 amide bonds. The van der Waals surface area contributed by atoms with E-state index < -0.39 is 0 Å². The topological polar surface area (TPSA) is 32.8 Å². The van der Waals surface area contributed by atoms with Crippen LogP contribution in [0, 0.1) is 10.6 Å². The van der Waals surface area contributed by atoms with E-state index in [1.54, 1.807) is 12.1 Å². The number of halogens is 2. The second kappa shape index (κ2) is 5.68. The Labute approximate surface area is 151 Å². The van der Waals surface area contributed by atoms with Crippen molar-refractivity contribution >= 4 is 23.8 Å². The number of aromatic amines is 1. The fourth-order valence-corrected chi connectivity index (χ4v) is 4.61. The van der Waals surface area contributed by atoms with Crippen molar-refractivity contribution in [3.05, 3.63) is 50.8 Å². The van der Waals surface area contributed by atoms with Gasteiger partial charge in [0.2, 0.25) is 0 Å². The monoisotopic (exact) mass is 365 g/mol. The number of rotatable bonds is 5. The molecule has 0 unspecified atom stereocenters. The Hall–Kier alpha value is -1.17. The van der Waals surface area contributed by atoms with Crippen LogP contribution in [0.3, 0.4) is 0 Å². The molecule has 0 bridgehead atoms. The van der Waals surface area contributed by atoms with Crippen molar-refractivity contribution in [3.8, 4) is 0 Å². The van der Waals surface area contributed by atoms with Crippen LogP contribution in [0.15, 0.2) is 18.2 Å². The van der Waals surface area contributed by atoms with E-state index >= 15 is 0 Å². The fourth-order valence-electron chi connectivity index (χ4n) is 4.15. The van der Waals surface area contributed by atoms with Gasteiger partial charge < -0.3 is 14.9 Å². The molecule has 128 valence electrons. The molecule has 0 saturated heterocycles. The third-order valence-electron chi connectivity index (χ3n) is 5.34. The zero-order valence-corrected chi connectivity index (χ0v) is 15.4. The van der Waals surface area contributed by atoms with Gasteiger partial charge in [0.25, 0.3) is 0 Å². The summed E-state index contributed by atoms with van der Waals surface area (Å²) in [7, 11) is 0. The first-order valence-electron chi connectivity index (χ1n) is 8.43. The van der Waals surface area contributed by atoms with Gasteiger partial charge in [-0.1, -0.05) is 25.4 Å². The summed E-state index contributed by atoms with van der Waals surface area (Å²) in [6, 6.07) is 5.34. The number of hydrogen-bond acceptors (Lipinski definition) is 2. The van der Waals surface area contributed by atoms with Crippen LogP contribution < -0.4 is 5.32 Å². The third-order valence-corrected chi connectivity index (χ3v) is 5.90. The van der Waals surface area contributed by atoms with Crippen LogP contribution in [0.5, 0.6) is 0 Å². The number of hydrogen-bond donors (Lipinski definition) is 2.